The summed E-state index contributed by atoms with van der Waals surface area (Å²) < 4.78 is 55.7. The Morgan fingerprint density at radius 2 is 1.43 bits per heavy atom. The van der Waals surface area contributed by atoms with Gasteiger partial charge in [0.05, 0.1) is 6.61 Å². The fraction of sp³-hybridized carbons (Fsp3) is 0.931. The van der Waals surface area contributed by atoms with Crippen LogP contribution < -0.4 is 0 Å². The van der Waals surface area contributed by atoms with Crippen molar-refractivity contribution in [2.24, 2.45) is 0 Å². The lowest BCUT2D eigenvalue weighted by Gasteiger charge is -2.47. The number of thiol groups is 1. The number of carbonyl (C=O) groups excluding carboxylic acids is 2. The van der Waals surface area contributed by atoms with E-state index < -0.39 is 74.3 Å². The fourth-order valence-electron chi connectivity index (χ4n) is 5.29. The van der Waals surface area contributed by atoms with E-state index in [1.54, 1.807) is 0 Å². The zero-order valence-electron chi connectivity index (χ0n) is 28.1. The van der Waals surface area contributed by atoms with Crippen molar-refractivity contribution >= 4 is 50.0 Å². The van der Waals surface area contributed by atoms with E-state index in [0.717, 1.165) is 19.3 Å². The molecule has 3 rings (SSSR count). The second-order valence-corrected chi connectivity index (χ2v) is 24.2. The summed E-state index contributed by atoms with van der Waals surface area (Å²) in [4.78, 5) is 23.9. The van der Waals surface area contributed by atoms with Gasteiger partial charge in [-0.05, 0) is 64.1 Å². The van der Waals surface area contributed by atoms with Crippen molar-refractivity contribution in [3.8, 4) is 0 Å². The largest absolute Gasteiger partial charge is 0.462 e. The van der Waals surface area contributed by atoms with Crippen LogP contribution in [-0.2, 0) is 63.3 Å². The molecule has 1 aliphatic carbocycles. The van der Waals surface area contributed by atoms with E-state index >= 15 is 0 Å². The Labute approximate surface area is 274 Å². The van der Waals surface area contributed by atoms with Crippen molar-refractivity contribution in [2.45, 2.75) is 160 Å². The molecule has 2 heterocycles. The first kappa shape index (κ1) is 38.3. The lowest BCUT2D eigenvalue weighted by atomic mass is 9.85. The molecule has 3 fully saturated rings. The molecule has 44 heavy (non-hydrogen) atoms. The maximum atomic E-state index is 12.1. The molecule has 0 aromatic rings. The number of hydrogen-bond acceptors (Lipinski definition) is 12. The number of esters is 2. The van der Waals surface area contributed by atoms with Crippen LogP contribution in [0.1, 0.15) is 88.0 Å². The molecule has 11 nitrogen and oxygen atoms in total. The van der Waals surface area contributed by atoms with Gasteiger partial charge in [0.1, 0.15) is 43.2 Å². The Kier molecular flexibility index (Phi) is 12.7. The molecule has 0 spiro atoms. The molecule has 256 valence electrons. The summed E-state index contributed by atoms with van der Waals surface area (Å²) in [6.07, 6.45) is -1.50. The van der Waals surface area contributed by atoms with Crippen molar-refractivity contribution in [1.29, 1.82) is 0 Å². The first-order valence-corrected chi connectivity index (χ1v) is 22.1. The van der Waals surface area contributed by atoms with E-state index in [1.165, 1.54) is 6.92 Å². The molecule has 15 heteroatoms. The Balaban J connectivity index is 1.79. The molecule has 0 bridgehead atoms. The van der Waals surface area contributed by atoms with Crippen LogP contribution in [0.4, 0.5) is 0 Å². The third-order valence-corrected chi connectivity index (χ3v) is 14.9. The average molecular weight is 701 g/mol. The van der Waals surface area contributed by atoms with Crippen LogP contribution >= 0.6 is 17.9 Å². The predicted molar refractivity (Wildman–Crippen MR) is 174 cm³/mol. The third kappa shape index (κ3) is 10.2. The molecule has 2 saturated heterocycles. The summed E-state index contributed by atoms with van der Waals surface area (Å²) in [6.45, 7) is 21.2. The van der Waals surface area contributed by atoms with Crippen LogP contribution in [0.25, 0.3) is 0 Å². The molecular weight excluding hydrogens is 648 g/mol. The Hall–Kier alpha value is -0.123. The van der Waals surface area contributed by atoms with Crippen LogP contribution in [0, 0.1) is 0 Å². The molecule has 1 saturated carbocycles. The monoisotopic (exact) mass is 700 g/mol. The van der Waals surface area contributed by atoms with E-state index in [9.17, 15) is 9.59 Å². The number of ether oxygens (including phenoxy) is 6. The van der Waals surface area contributed by atoms with Gasteiger partial charge in [-0.15, -0.1) is 0 Å². The van der Waals surface area contributed by atoms with Crippen LogP contribution in [0.5, 0.6) is 0 Å². The SMILES string of the molecule is CCCCCC(=O)OC[C@H](COP(=S)(S)OC1[C@@H]2OC(C)(C)O[C@@H]2C(O[Si](C)(C)C(C)(C)C)[C@@H]2OC(C)(C)O[C@@H]12)OC(C)=O. The summed E-state index contributed by atoms with van der Waals surface area (Å²) >= 11 is 10.3. The number of hydrogen-bond donors (Lipinski definition) is 1. The first-order valence-electron chi connectivity index (χ1n) is 15.4. The Bertz CT molecular complexity index is 1030. The predicted octanol–water partition coefficient (Wildman–Crippen LogP) is 6.04. The van der Waals surface area contributed by atoms with Gasteiger partial charge in [-0.25, -0.2) is 0 Å². The molecule has 3 unspecified atom stereocenters. The maximum absolute atomic E-state index is 12.1. The topological polar surface area (TPSA) is 117 Å². The van der Waals surface area contributed by atoms with Crippen molar-refractivity contribution in [3.05, 3.63) is 0 Å². The third-order valence-electron chi connectivity index (χ3n) is 8.29. The summed E-state index contributed by atoms with van der Waals surface area (Å²) in [7, 11) is -2.28. The van der Waals surface area contributed by atoms with Gasteiger partial charge >= 0.3 is 11.9 Å². The van der Waals surface area contributed by atoms with E-state index in [2.05, 4.69) is 53.0 Å². The highest BCUT2D eigenvalue weighted by molar-refractivity contribution is 8.60. The van der Waals surface area contributed by atoms with Crippen LogP contribution in [0.3, 0.4) is 0 Å². The number of carbonyl (C=O) groups is 2. The van der Waals surface area contributed by atoms with Crippen LogP contribution in [0.2, 0.25) is 18.1 Å². The average Bonchev–Trinajstić information content (AvgIpc) is 3.36. The van der Waals surface area contributed by atoms with E-state index in [0.29, 0.717) is 6.42 Å². The van der Waals surface area contributed by atoms with E-state index in [4.69, 9.17) is 53.7 Å². The van der Waals surface area contributed by atoms with Crippen molar-refractivity contribution in [1.82, 2.24) is 0 Å². The molecule has 3 aliphatic rings. The Morgan fingerprint density at radius 3 is 1.89 bits per heavy atom. The molecular formula is C29H53O11PS2Si. The normalized spacial score (nSPS) is 31.5. The fourth-order valence-corrected chi connectivity index (χ4v) is 8.56. The van der Waals surface area contributed by atoms with Crippen molar-refractivity contribution < 1.29 is 51.5 Å². The van der Waals surface area contributed by atoms with Gasteiger partial charge in [0.25, 0.3) is 0 Å². The standard InChI is InChI=1S/C29H53O11PS2Si/c1-12-13-14-15-20(31)32-16-19(34-18(2)30)17-33-41(42,43)39-25-21-23(37-28(6,7)35-21)26(40-44(10,11)27(3,4)5)24-22(25)36-29(8,9)38-24/h19,21-26H,12-17H2,1-11H3,(H,42,43)/t19-,21-,22-,23-,24+,25?,26?/m1/s1. The highest BCUT2D eigenvalue weighted by atomic mass is 32.9. The van der Waals surface area contributed by atoms with Gasteiger partial charge in [0.15, 0.2) is 26.0 Å². The minimum atomic E-state index is -3.30. The molecule has 0 aromatic heterocycles. The molecule has 0 aromatic carbocycles. The summed E-state index contributed by atoms with van der Waals surface area (Å²) in [5.41, 5.74) is -3.30. The lowest BCUT2D eigenvalue weighted by Crippen LogP contribution is -2.65. The van der Waals surface area contributed by atoms with Gasteiger partial charge in [0, 0.05) is 13.3 Å². The van der Waals surface area contributed by atoms with Gasteiger partial charge in [0.2, 0.25) is 5.69 Å². The van der Waals surface area contributed by atoms with Gasteiger partial charge < -0.3 is 41.9 Å². The molecule has 0 amide bonds. The van der Waals surface area contributed by atoms with Crippen molar-refractivity contribution in [2.75, 3.05) is 13.2 Å². The second kappa shape index (κ2) is 14.6. The van der Waals surface area contributed by atoms with Crippen LogP contribution in [-0.4, -0.2) is 87.8 Å². The zero-order chi connectivity index (χ0) is 33.3. The highest BCUT2D eigenvalue weighted by Crippen LogP contribution is 2.58. The minimum Gasteiger partial charge on any atom is -0.462 e. The number of unbranched alkanes of at least 4 members (excludes halogenated alkanes) is 2. The van der Waals surface area contributed by atoms with E-state index in [1.807, 2.05) is 27.7 Å². The van der Waals surface area contributed by atoms with E-state index in [-0.39, 0.29) is 24.2 Å². The quantitative estimate of drug-likeness (QED) is 0.0749. The number of fused-ring (bicyclic) bond motifs is 2. The molecule has 0 N–H and O–H groups in total. The maximum Gasteiger partial charge on any atom is 0.305 e. The van der Waals surface area contributed by atoms with Crippen LogP contribution in [0.15, 0.2) is 0 Å². The zero-order valence-corrected chi connectivity index (χ0v) is 31.7. The second-order valence-electron chi connectivity index (χ2n) is 14.2. The van der Waals surface area contributed by atoms with Crippen molar-refractivity contribution in [3.63, 3.8) is 0 Å². The Morgan fingerprint density at radius 1 is 0.932 bits per heavy atom. The number of rotatable bonds is 14. The minimum absolute atomic E-state index is 0.0577. The summed E-state index contributed by atoms with van der Waals surface area (Å²) in [5, 5.41) is -0.0577. The van der Waals surface area contributed by atoms with Gasteiger partial charge in [-0.2, -0.15) is 0 Å². The summed E-state index contributed by atoms with van der Waals surface area (Å²) in [6, 6.07) is 0. The summed E-state index contributed by atoms with van der Waals surface area (Å²) in [5.74, 6) is -2.77. The van der Waals surface area contributed by atoms with Gasteiger partial charge in [-0.3, -0.25) is 9.59 Å². The molecule has 2 aliphatic heterocycles. The van der Waals surface area contributed by atoms with Gasteiger partial charge in [-0.1, -0.05) is 52.8 Å². The smallest absolute Gasteiger partial charge is 0.305 e. The first-order chi connectivity index (χ1) is 20.1. The highest BCUT2D eigenvalue weighted by Gasteiger charge is 2.65. The molecule has 8 atom stereocenters. The lowest BCUT2D eigenvalue weighted by molar-refractivity contribution is -0.180. The molecule has 0 radical (unpaired) electrons.